The van der Waals surface area contributed by atoms with Gasteiger partial charge in [0.15, 0.2) is 0 Å². The summed E-state index contributed by atoms with van der Waals surface area (Å²) in [6.45, 7) is 3.45. The molecule has 6 nitrogen and oxygen atoms in total. The summed E-state index contributed by atoms with van der Waals surface area (Å²) < 4.78 is 0. The van der Waals surface area contributed by atoms with Crippen LogP contribution in [0.5, 0.6) is 0 Å². The lowest BCUT2D eigenvalue weighted by atomic mass is 10.3. The normalized spacial score (nSPS) is 15.4. The Morgan fingerprint density at radius 1 is 0.850 bits per heavy atom. The van der Waals surface area contributed by atoms with Crippen LogP contribution in [0, 0.1) is 0 Å². The molecule has 0 radical (unpaired) electrons. The molecular formula is C13H15ClN6. The predicted molar refractivity (Wildman–Crippen MR) is 78.0 cm³/mol. The van der Waals surface area contributed by atoms with Gasteiger partial charge in [-0.3, -0.25) is 0 Å². The van der Waals surface area contributed by atoms with Crippen molar-refractivity contribution in [2.75, 3.05) is 36.0 Å². The van der Waals surface area contributed by atoms with Gasteiger partial charge in [0.05, 0.1) is 5.88 Å². The molecule has 1 aliphatic heterocycles. The predicted octanol–water partition coefficient (Wildman–Crippen LogP) is 1.33. The number of piperazine rings is 1. The number of alkyl halides is 1. The number of aromatic nitrogens is 4. The van der Waals surface area contributed by atoms with Crippen LogP contribution in [0.25, 0.3) is 0 Å². The minimum Gasteiger partial charge on any atom is -0.337 e. The molecule has 2 aromatic heterocycles. The van der Waals surface area contributed by atoms with Gasteiger partial charge >= 0.3 is 0 Å². The van der Waals surface area contributed by atoms with E-state index >= 15 is 0 Å². The molecule has 3 heterocycles. The first-order valence-electron chi connectivity index (χ1n) is 6.50. The third kappa shape index (κ3) is 2.80. The fourth-order valence-corrected chi connectivity index (χ4v) is 2.28. The van der Waals surface area contributed by atoms with Gasteiger partial charge in [-0.1, -0.05) is 0 Å². The van der Waals surface area contributed by atoms with Crippen molar-refractivity contribution in [2.45, 2.75) is 5.88 Å². The molecule has 0 amide bonds. The quantitative estimate of drug-likeness (QED) is 0.795. The van der Waals surface area contributed by atoms with Crippen molar-refractivity contribution in [3.63, 3.8) is 0 Å². The van der Waals surface area contributed by atoms with E-state index in [-0.39, 0.29) is 0 Å². The monoisotopic (exact) mass is 290 g/mol. The number of halogens is 1. The Kier molecular flexibility index (Phi) is 3.92. The second-order valence-electron chi connectivity index (χ2n) is 4.55. The minimum absolute atomic E-state index is 0.444. The fourth-order valence-electron chi connectivity index (χ4n) is 2.14. The Labute approximate surface area is 122 Å². The summed E-state index contributed by atoms with van der Waals surface area (Å²) in [4.78, 5) is 21.6. The van der Waals surface area contributed by atoms with Gasteiger partial charge in [-0.05, 0) is 6.07 Å². The molecule has 0 aromatic carbocycles. The van der Waals surface area contributed by atoms with E-state index in [9.17, 15) is 0 Å². The van der Waals surface area contributed by atoms with Crippen molar-refractivity contribution >= 4 is 23.5 Å². The number of nitrogens with zero attached hydrogens (tertiary/aromatic N) is 6. The number of hydrogen-bond acceptors (Lipinski definition) is 6. The van der Waals surface area contributed by atoms with Crippen molar-refractivity contribution in [1.82, 2.24) is 19.9 Å². The summed E-state index contributed by atoms with van der Waals surface area (Å²) in [6, 6.07) is 1.83. The molecule has 0 atom stereocenters. The summed E-state index contributed by atoms with van der Waals surface area (Å²) in [5.74, 6) is 1.98. The van der Waals surface area contributed by atoms with Gasteiger partial charge in [-0.15, -0.1) is 11.6 Å². The van der Waals surface area contributed by atoms with Gasteiger partial charge in [0.2, 0.25) is 11.9 Å². The number of anilines is 2. The average molecular weight is 291 g/mol. The van der Waals surface area contributed by atoms with Gasteiger partial charge in [0.25, 0.3) is 0 Å². The Morgan fingerprint density at radius 3 is 1.85 bits per heavy atom. The maximum atomic E-state index is 5.74. The second-order valence-corrected chi connectivity index (χ2v) is 4.82. The fraction of sp³-hybridized carbons (Fsp3) is 0.385. The molecule has 1 fully saturated rings. The Hall–Kier alpha value is -1.95. The summed E-state index contributed by atoms with van der Waals surface area (Å²) in [5.41, 5.74) is 0.937. The molecule has 1 saturated heterocycles. The van der Waals surface area contributed by atoms with Crippen LogP contribution in [0.15, 0.2) is 30.9 Å². The SMILES string of the molecule is ClCc1cnc(N2CCN(c3ncccn3)CC2)nc1. The van der Waals surface area contributed by atoms with E-state index in [4.69, 9.17) is 11.6 Å². The Morgan fingerprint density at radius 2 is 1.35 bits per heavy atom. The molecule has 0 spiro atoms. The molecule has 104 valence electrons. The third-order valence-electron chi connectivity index (χ3n) is 3.24. The van der Waals surface area contributed by atoms with E-state index in [1.54, 1.807) is 24.8 Å². The molecule has 0 saturated carbocycles. The van der Waals surface area contributed by atoms with Gasteiger partial charge in [-0.2, -0.15) is 0 Å². The second kappa shape index (κ2) is 6.00. The lowest BCUT2D eigenvalue weighted by molar-refractivity contribution is 0.627. The van der Waals surface area contributed by atoms with Crippen LogP contribution >= 0.6 is 11.6 Å². The van der Waals surface area contributed by atoms with Crippen molar-refractivity contribution in [2.24, 2.45) is 0 Å². The summed E-state index contributed by atoms with van der Waals surface area (Å²) in [6.07, 6.45) is 7.09. The van der Waals surface area contributed by atoms with Crippen LogP contribution in [0.1, 0.15) is 5.56 Å². The third-order valence-corrected chi connectivity index (χ3v) is 3.55. The molecular weight excluding hydrogens is 276 g/mol. The first-order chi connectivity index (χ1) is 9.86. The van der Waals surface area contributed by atoms with Crippen LogP contribution in [-0.4, -0.2) is 46.1 Å². The molecule has 3 rings (SSSR count). The lowest BCUT2D eigenvalue weighted by Crippen LogP contribution is -2.47. The van der Waals surface area contributed by atoms with Crippen LogP contribution in [0.3, 0.4) is 0 Å². The van der Waals surface area contributed by atoms with E-state index in [1.807, 2.05) is 6.07 Å². The zero-order valence-electron chi connectivity index (χ0n) is 11.0. The molecule has 20 heavy (non-hydrogen) atoms. The average Bonchev–Trinajstić information content (AvgIpc) is 2.56. The van der Waals surface area contributed by atoms with Crippen LogP contribution in [0.4, 0.5) is 11.9 Å². The van der Waals surface area contributed by atoms with Crippen molar-refractivity contribution in [1.29, 1.82) is 0 Å². The molecule has 0 N–H and O–H groups in total. The molecule has 0 aliphatic carbocycles. The largest absolute Gasteiger partial charge is 0.337 e. The molecule has 0 bridgehead atoms. The highest BCUT2D eigenvalue weighted by molar-refractivity contribution is 6.17. The zero-order valence-corrected chi connectivity index (χ0v) is 11.7. The van der Waals surface area contributed by atoms with E-state index in [2.05, 4.69) is 29.7 Å². The zero-order chi connectivity index (χ0) is 13.8. The Bertz CT molecular complexity index is 539. The van der Waals surface area contributed by atoms with Crippen LogP contribution in [0.2, 0.25) is 0 Å². The van der Waals surface area contributed by atoms with E-state index < -0.39 is 0 Å². The van der Waals surface area contributed by atoms with Crippen molar-refractivity contribution in [3.8, 4) is 0 Å². The van der Waals surface area contributed by atoms with Crippen molar-refractivity contribution < 1.29 is 0 Å². The standard InChI is InChI=1S/C13H15ClN6/c14-8-11-9-17-13(18-10-11)20-6-4-19(5-7-20)12-15-2-1-3-16-12/h1-3,9-10H,4-8H2. The summed E-state index contributed by atoms with van der Waals surface area (Å²) in [5, 5.41) is 0. The first kappa shape index (κ1) is 13.1. The van der Waals surface area contributed by atoms with E-state index in [1.165, 1.54) is 0 Å². The van der Waals surface area contributed by atoms with Gasteiger partial charge < -0.3 is 9.80 Å². The molecule has 7 heteroatoms. The number of rotatable bonds is 3. The maximum Gasteiger partial charge on any atom is 0.225 e. The van der Waals surface area contributed by atoms with Crippen molar-refractivity contribution in [3.05, 3.63) is 36.4 Å². The van der Waals surface area contributed by atoms with E-state index in [0.29, 0.717) is 5.88 Å². The smallest absolute Gasteiger partial charge is 0.225 e. The van der Waals surface area contributed by atoms with Gasteiger partial charge in [-0.25, -0.2) is 19.9 Å². The van der Waals surface area contributed by atoms with Gasteiger partial charge in [0.1, 0.15) is 0 Å². The highest BCUT2D eigenvalue weighted by Gasteiger charge is 2.20. The topological polar surface area (TPSA) is 58.0 Å². The highest BCUT2D eigenvalue weighted by atomic mass is 35.5. The number of hydrogen-bond donors (Lipinski definition) is 0. The maximum absolute atomic E-state index is 5.74. The van der Waals surface area contributed by atoms with Gasteiger partial charge in [0, 0.05) is 56.5 Å². The lowest BCUT2D eigenvalue weighted by Gasteiger charge is -2.34. The summed E-state index contributed by atoms with van der Waals surface area (Å²) >= 11 is 5.74. The molecule has 0 unspecified atom stereocenters. The molecule has 1 aliphatic rings. The first-order valence-corrected chi connectivity index (χ1v) is 7.04. The van der Waals surface area contributed by atoms with Crippen LogP contribution in [-0.2, 0) is 5.88 Å². The van der Waals surface area contributed by atoms with Crippen LogP contribution < -0.4 is 9.80 Å². The Balaban J connectivity index is 1.63. The summed E-state index contributed by atoms with van der Waals surface area (Å²) in [7, 11) is 0. The molecule has 2 aromatic rings. The minimum atomic E-state index is 0.444. The highest BCUT2D eigenvalue weighted by Crippen LogP contribution is 2.14. The van der Waals surface area contributed by atoms with E-state index in [0.717, 1.165) is 43.6 Å².